The number of hydrogen-bond donors (Lipinski definition) is 1. The first kappa shape index (κ1) is 13.7. The number of fused-ring (bicyclic) bond motifs is 1. The maximum absolute atomic E-state index is 6.10. The predicted octanol–water partition coefficient (Wildman–Crippen LogP) is 2.68. The van der Waals surface area contributed by atoms with Crippen molar-refractivity contribution in [1.29, 1.82) is 0 Å². The quantitative estimate of drug-likeness (QED) is 0.918. The lowest BCUT2D eigenvalue weighted by Crippen LogP contribution is -2.41. The van der Waals surface area contributed by atoms with Gasteiger partial charge in [-0.3, -0.25) is 4.90 Å². The molecule has 1 aromatic carbocycles. The van der Waals surface area contributed by atoms with E-state index in [1.807, 2.05) is 6.07 Å². The highest BCUT2D eigenvalue weighted by Crippen LogP contribution is 2.39. The summed E-state index contributed by atoms with van der Waals surface area (Å²) in [6.07, 6.45) is 3.73. The van der Waals surface area contributed by atoms with Crippen molar-refractivity contribution in [2.24, 2.45) is 5.73 Å². The van der Waals surface area contributed by atoms with E-state index in [4.69, 9.17) is 15.2 Å². The maximum atomic E-state index is 6.10. The second-order valence-corrected chi connectivity index (χ2v) is 5.80. The van der Waals surface area contributed by atoms with Gasteiger partial charge in [0.05, 0.1) is 0 Å². The molecule has 3 atom stereocenters. The van der Waals surface area contributed by atoms with E-state index in [2.05, 4.69) is 30.9 Å². The number of hydrogen-bond acceptors (Lipinski definition) is 4. The van der Waals surface area contributed by atoms with Gasteiger partial charge in [0.15, 0.2) is 11.5 Å². The highest BCUT2D eigenvalue weighted by Gasteiger charge is 2.35. The summed E-state index contributed by atoms with van der Waals surface area (Å²) in [6.45, 7) is 5.54. The molecule has 4 nitrogen and oxygen atoms in total. The maximum Gasteiger partial charge on any atom is 0.231 e. The van der Waals surface area contributed by atoms with Gasteiger partial charge in [-0.25, -0.2) is 0 Å². The van der Waals surface area contributed by atoms with E-state index >= 15 is 0 Å². The molecule has 0 bridgehead atoms. The number of nitrogens with zero attached hydrogens (tertiary/aromatic N) is 1. The van der Waals surface area contributed by atoms with Crippen molar-refractivity contribution < 1.29 is 9.47 Å². The SMILES string of the molecule is CCC1CCC(C)N1C(CN)c1ccc2c(c1)OCO2. The molecule has 2 heterocycles. The van der Waals surface area contributed by atoms with E-state index in [0.717, 1.165) is 11.5 Å². The Balaban J connectivity index is 1.89. The first-order valence-corrected chi connectivity index (χ1v) is 7.61. The molecule has 3 rings (SSSR count). The van der Waals surface area contributed by atoms with E-state index in [0.29, 0.717) is 25.4 Å². The van der Waals surface area contributed by atoms with E-state index in [1.165, 1.54) is 24.8 Å². The molecule has 2 N–H and O–H groups in total. The lowest BCUT2D eigenvalue weighted by Gasteiger charge is -2.35. The zero-order valence-corrected chi connectivity index (χ0v) is 12.3. The van der Waals surface area contributed by atoms with Crippen LogP contribution in [0.5, 0.6) is 11.5 Å². The van der Waals surface area contributed by atoms with Crippen LogP contribution in [0, 0.1) is 0 Å². The van der Waals surface area contributed by atoms with Crippen molar-refractivity contribution in [2.45, 2.75) is 51.2 Å². The fraction of sp³-hybridized carbons (Fsp3) is 0.625. The minimum atomic E-state index is 0.270. The van der Waals surface area contributed by atoms with Crippen molar-refractivity contribution in [3.05, 3.63) is 23.8 Å². The fourth-order valence-corrected chi connectivity index (χ4v) is 3.62. The molecule has 3 unspecified atom stereocenters. The lowest BCUT2D eigenvalue weighted by atomic mass is 10.0. The molecule has 20 heavy (non-hydrogen) atoms. The molecule has 1 aromatic rings. The Morgan fingerprint density at radius 3 is 2.85 bits per heavy atom. The number of ether oxygens (including phenoxy) is 2. The molecule has 1 saturated heterocycles. The van der Waals surface area contributed by atoms with Gasteiger partial charge in [-0.2, -0.15) is 0 Å². The van der Waals surface area contributed by atoms with Gasteiger partial charge in [-0.15, -0.1) is 0 Å². The van der Waals surface area contributed by atoms with Crippen LogP contribution >= 0.6 is 0 Å². The molecule has 0 aromatic heterocycles. The molecule has 0 spiro atoms. The highest BCUT2D eigenvalue weighted by atomic mass is 16.7. The summed E-state index contributed by atoms with van der Waals surface area (Å²) in [4.78, 5) is 2.59. The number of likely N-dealkylation sites (tertiary alicyclic amines) is 1. The van der Waals surface area contributed by atoms with Gasteiger partial charge in [-0.05, 0) is 43.9 Å². The third kappa shape index (κ3) is 2.27. The van der Waals surface area contributed by atoms with Crippen LogP contribution < -0.4 is 15.2 Å². The highest BCUT2D eigenvalue weighted by molar-refractivity contribution is 5.45. The van der Waals surface area contributed by atoms with E-state index in [1.54, 1.807) is 0 Å². The van der Waals surface area contributed by atoms with Crippen LogP contribution in [0.4, 0.5) is 0 Å². The number of rotatable bonds is 4. The Kier molecular flexibility index (Phi) is 3.85. The monoisotopic (exact) mass is 276 g/mol. The third-order valence-electron chi connectivity index (χ3n) is 4.68. The normalized spacial score (nSPS) is 26.9. The molecule has 0 radical (unpaired) electrons. The van der Waals surface area contributed by atoms with Gasteiger partial charge >= 0.3 is 0 Å². The molecule has 4 heteroatoms. The second-order valence-electron chi connectivity index (χ2n) is 5.80. The molecule has 2 aliphatic heterocycles. The van der Waals surface area contributed by atoms with E-state index in [9.17, 15) is 0 Å². The smallest absolute Gasteiger partial charge is 0.231 e. The Hall–Kier alpha value is -1.26. The molecular weight excluding hydrogens is 252 g/mol. The summed E-state index contributed by atoms with van der Waals surface area (Å²) in [5, 5.41) is 0. The average Bonchev–Trinajstić information content (AvgIpc) is 3.07. The minimum Gasteiger partial charge on any atom is -0.454 e. The van der Waals surface area contributed by atoms with Crippen LogP contribution in [-0.4, -0.2) is 30.3 Å². The number of benzene rings is 1. The topological polar surface area (TPSA) is 47.7 Å². The van der Waals surface area contributed by atoms with E-state index < -0.39 is 0 Å². The van der Waals surface area contributed by atoms with Gasteiger partial charge in [0, 0.05) is 24.7 Å². The summed E-state index contributed by atoms with van der Waals surface area (Å²) in [6, 6.07) is 7.73. The number of nitrogens with two attached hydrogens (primary N) is 1. The molecule has 0 aliphatic carbocycles. The standard InChI is InChI=1S/C16H24N2O2/c1-3-13-6-4-11(2)18(13)14(9-17)12-5-7-15-16(8-12)20-10-19-15/h5,7-8,11,13-14H,3-4,6,9-10,17H2,1-2H3. The average molecular weight is 276 g/mol. The van der Waals surface area contributed by atoms with Crippen LogP contribution in [0.1, 0.15) is 44.7 Å². The summed E-state index contributed by atoms with van der Waals surface area (Å²) >= 11 is 0. The molecule has 0 saturated carbocycles. The van der Waals surface area contributed by atoms with Gasteiger partial charge in [-0.1, -0.05) is 13.0 Å². The summed E-state index contributed by atoms with van der Waals surface area (Å²) in [5.74, 6) is 1.69. The van der Waals surface area contributed by atoms with Gasteiger partial charge in [0.25, 0.3) is 0 Å². The molecule has 1 fully saturated rings. The largest absolute Gasteiger partial charge is 0.454 e. The molecular formula is C16H24N2O2. The zero-order valence-electron chi connectivity index (χ0n) is 12.3. The Labute approximate surface area is 120 Å². The second kappa shape index (κ2) is 5.62. The summed E-state index contributed by atoms with van der Waals surface area (Å²) in [7, 11) is 0. The Morgan fingerprint density at radius 2 is 2.10 bits per heavy atom. The Bertz CT molecular complexity index is 478. The molecule has 0 amide bonds. The fourth-order valence-electron chi connectivity index (χ4n) is 3.62. The van der Waals surface area contributed by atoms with Crippen molar-refractivity contribution in [1.82, 2.24) is 4.90 Å². The van der Waals surface area contributed by atoms with Gasteiger partial charge in [0.1, 0.15) is 0 Å². The van der Waals surface area contributed by atoms with Gasteiger partial charge in [0.2, 0.25) is 6.79 Å². The molecule has 110 valence electrons. The van der Waals surface area contributed by atoms with E-state index in [-0.39, 0.29) is 6.04 Å². The predicted molar refractivity (Wildman–Crippen MR) is 79.0 cm³/mol. The molecule has 2 aliphatic rings. The van der Waals surface area contributed by atoms with Crippen LogP contribution in [-0.2, 0) is 0 Å². The van der Waals surface area contributed by atoms with Crippen molar-refractivity contribution in [3.8, 4) is 11.5 Å². The Morgan fingerprint density at radius 1 is 1.30 bits per heavy atom. The van der Waals surface area contributed by atoms with Crippen LogP contribution in [0.3, 0.4) is 0 Å². The van der Waals surface area contributed by atoms with Crippen LogP contribution in [0.15, 0.2) is 18.2 Å². The van der Waals surface area contributed by atoms with Gasteiger partial charge < -0.3 is 15.2 Å². The van der Waals surface area contributed by atoms with Crippen molar-refractivity contribution in [2.75, 3.05) is 13.3 Å². The summed E-state index contributed by atoms with van der Waals surface area (Å²) in [5.41, 5.74) is 7.34. The first-order chi connectivity index (χ1) is 9.74. The zero-order chi connectivity index (χ0) is 14.1. The van der Waals surface area contributed by atoms with Crippen molar-refractivity contribution in [3.63, 3.8) is 0 Å². The summed E-state index contributed by atoms with van der Waals surface area (Å²) < 4.78 is 10.9. The van der Waals surface area contributed by atoms with Crippen LogP contribution in [0.2, 0.25) is 0 Å². The van der Waals surface area contributed by atoms with Crippen molar-refractivity contribution >= 4 is 0 Å². The van der Waals surface area contributed by atoms with Crippen LogP contribution in [0.25, 0.3) is 0 Å². The minimum absolute atomic E-state index is 0.270. The third-order valence-corrected chi connectivity index (χ3v) is 4.68. The first-order valence-electron chi connectivity index (χ1n) is 7.61. The lowest BCUT2D eigenvalue weighted by molar-refractivity contribution is 0.136.